The van der Waals surface area contributed by atoms with Gasteiger partial charge in [0, 0.05) is 6.20 Å². The van der Waals surface area contributed by atoms with Crippen LogP contribution < -0.4 is 0 Å². The van der Waals surface area contributed by atoms with Crippen molar-refractivity contribution in [1.82, 2.24) is 4.98 Å². The van der Waals surface area contributed by atoms with E-state index in [0.717, 1.165) is 11.3 Å². The molecule has 1 aromatic heterocycles. The van der Waals surface area contributed by atoms with E-state index in [9.17, 15) is 4.79 Å². The van der Waals surface area contributed by atoms with Crippen LogP contribution in [0.25, 0.3) is 11.3 Å². The standard InChI is InChI=1S/C14H15NO2/c1-9-4-5-11(8-10(9)2)13-12(6-7-15-13)14(16)17-3/h4-8,15H,1-3H3. The lowest BCUT2D eigenvalue weighted by molar-refractivity contribution is 0.0602. The lowest BCUT2D eigenvalue weighted by atomic mass is 10.0. The van der Waals surface area contributed by atoms with Crippen molar-refractivity contribution in [3.63, 3.8) is 0 Å². The SMILES string of the molecule is COC(=O)c1cc[nH]c1-c1ccc(C)c(C)c1. The van der Waals surface area contributed by atoms with Gasteiger partial charge in [-0.05, 0) is 42.7 Å². The van der Waals surface area contributed by atoms with Gasteiger partial charge < -0.3 is 9.72 Å². The Bertz CT molecular complexity index is 555. The van der Waals surface area contributed by atoms with Crippen molar-refractivity contribution in [2.75, 3.05) is 7.11 Å². The topological polar surface area (TPSA) is 42.1 Å². The van der Waals surface area contributed by atoms with Gasteiger partial charge in [0.15, 0.2) is 0 Å². The van der Waals surface area contributed by atoms with E-state index in [-0.39, 0.29) is 5.97 Å². The predicted octanol–water partition coefficient (Wildman–Crippen LogP) is 3.09. The Labute approximate surface area is 100 Å². The van der Waals surface area contributed by atoms with Gasteiger partial charge in [-0.15, -0.1) is 0 Å². The number of benzene rings is 1. The Hall–Kier alpha value is -2.03. The zero-order chi connectivity index (χ0) is 12.4. The maximum absolute atomic E-state index is 11.6. The van der Waals surface area contributed by atoms with E-state index in [0.29, 0.717) is 5.56 Å². The molecule has 0 aliphatic heterocycles. The molecular formula is C14H15NO2. The van der Waals surface area contributed by atoms with Crippen molar-refractivity contribution in [2.45, 2.75) is 13.8 Å². The molecule has 2 rings (SSSR count). The molecular weight excluding hydrogens is 214 g/mol. The van der Waals surface area contributed by atoms with E-state index in [1.54, 1.807) is 12.3 Å². The Kier molecular flexibility index (Phi) is 3.00. The molecule has 17 heavy (non-hydrogen) atoms. The third-order valence-corrected chi connectivity index (χ3v) is 2.95. The van der Waals surface area contributed by atoms with E-state index < -0.39 is 0 Å². The third-order valence-electron chi connectivity index (χ3n) is 2.95. The first-order valence-electron chi connectivity index (χ1n) is 5.47. The van der Waals surface area contributed by atoms with E-state index in [1.807, 2.05) is 12.1 Å². The van der Waals surface area contributed by atoms with Gasteiger partial charge in [0.05, 0.1) is 18.4 Å². The number of rotatable bonds is 2. The number of aromatic nitrogens is 1. The maximum atomic E-state index is 11.6. The molecule has 0 unspecified atom stereocenters. The number of H-pyrrole nitrogens is 1. The number of hydrogen-bond acceptors (Lipinski definition) is 2. The molecule has 0 fully saturated rings. The Morgan fingerprint density at radius 1 is 1.18 bits per heavy atom. The Balaban J connectivity index is 2.50. The zero-order valence-corrected chi connectivity index (χ0v) is 10.2. The van der Waals surface area contributed by atoms with Gasteiger partial charge >= 0.3 is 5.97 Å². The van der Waals surface area contributed by atoms with Gasteiger partial charge in [-0.2, -0.15) is 0 Å². The van der Waals surface area contributed by atoms with Crippen LogP contribution in [0, 0.1) is 13.8 Å². The largest absolute Gasteiger partial charge is 0.465 e. The highest BCUT2D eigenvalue weighted by Crippen LogP contribution is 2.24. The van der Waals surface area contributed by atoms with Crippen LogP contribution in [0.5, 0.6) is 0 Å². The molecule has 0 radical (unpaired) electrons. The number of carbonyl (C=O) groups excluding carboxylic acids is 1. The first-order valence-corrected chi connectivity index (χ1v) is 5.47. The fourth-order valence-electron chi connectivity index (χ4n) is 1.79. The van der Waals surface area contributed by atoms with Crippen molar-refractivity contribution >= 4 is 5.97 Å². The third kappa shape index (κ3) is 2.09. The quantitative estimate of drug-likeness (QED) is 0.804. The average Bonchev–Trinajstić information content (AvgIpc) is 2.80. The van der Waals surface area contributed by atoms with Crippen LogP contribution in [0.1, 0.15) is 21.5 Å². The summed E-state index contributed by atoms with van der Waals surface area (Å²) in [5.41, 5.74) is 4.81. The normalized spacial score (nSPS) is 10.3. The summed E-state index contributed by atoms with van der Waals surface area (Å²) < 4.78 is 4.75. The number of methoxy groups -OCH3 is 1. The molecule has 0 amide bonds. The number of esters is 1. The summed E-state index contributed by atoms with van der Waals surface area (Å²) in [6, 6.07) is 7.84. The van der Waals surface area contributed by atoms with E-state index in [1.165, 1.54) is 18.2 Å². The second-order valence-electron chi connectivity index (χ2n) is 4.06. The van der Waals surface area contributed by atoms with Crippen molar-refractivity contribution < 1.29 is 9.53 Å². The molecule has 0 bridgehead atoms. The second kappa shape index (κ2) is 4.45. The molecule has 0 atom stereocenters. The summed E-state index contributed by atoms with van der Waals surface area (Å²) >= 11 is 0. The number of nitrogens with one attached hydrogen (secondary N) is 1. The van der Waals surface area contributed by atoms with Crippen LogP contribution in [0.15, 0.2) is 30.5 Å². The van der Waals surface area contributed by atoms with Gasteiger partial charge in [0.2, 0.25) is 0 Å². The zero-order valence-electron chi connectivity index (χ0n) is 10.2. The van der Waals surface area contributed by atoms with Crippen LogP contribution in [0.2, 0.25) is 0 Å². The second-order valence-corrected chi connectivity index (χ2v) is 4.06. The smallest absolute Gasteiger partial charge is 0.340 e. The Morgan fingerprint density at radius 3 is 2.59 bits per heavy atom. The lowest BCUT2D eigenvalue weighted by Crippen LogP contribution is -2.01. The summed E-state index contributed by atoms with van der Waals surface area (Å²) in [5, 5.41) is 0. The van der Waals surface area contributed by atoms with Gasteiger partial charge in [0.1, 0.15) is 0 Å². The van der Waals surface area contributed by atoms with Gasteiger partial charge in [-0.3, -0.25) is 0 Å². The number of aryl methyl sites for hydroxylation is 2. The molecule has 3 nitrogen and oxygen atoms in total. The van der Waals surface area contributed by atoms with Crippen molar-refractivity contribution in [3.05, 3.63) is 47.2 Å². The molecule has 2 aromatic rings. The highest BCUT2D eigenvalue weighted by molar-refractivity contribution is 5.96. The summed E-state index contributed by atoms with van der Waals surface area (Å²) in [6.07, 6.45) is 1.75. The van der Waals surface area contributed by atoms with E-state index in [4.69, 9.17) is 4.74 Å². The number of ether oxygens (including phenoxy) is 1. The minimum absolute atomic E-state index is 0.320. The minimum Gasteiger partial charge on any atom is -0.465 e. The summed E-state index contributed by atoms with van der Waals surface area (Å²) in [4.78, 5) is 14.7. The first kappa shape index (κ1) is 11.5. The monoisotopic (exact) mass is 229 g/mol. The first-order chi connectivity index (χ1) is 8.13. The molecule has 88 valence electrons. The molecule has 0 spiro atoms. The molecule has 0 aliphatic carbocycles. The van der Waals surface area contributed by atoms with Crippen LogP contribution in [-0.4, -0.2) is 18.1 Å². The molecule has 0 saturated heterocycles. The van der Waals surface area contributed by atoms with E-state index >= 15 is 0 Å². The molecule has 0 aliphatic rings. The minimum atomic E-state index is -0.320. The van der Waals surface area contributed by atoms with Gasteiger partial charge in [0.25, 0.3) is 0 Å². The molecule has 1 heterocycles. The maximum Gasteiger partial charge on any atom is 0.340 e. The number of carbonyl (C=O) groups is 1. The summed E-state index contributed by atoms with van der Waals surface area (Å²) in [7, 11) is 1.39. The van der Waals surface area contributed by atoms with Crippen molar-refractivity contribution in [3.8, 4) is 11.3 Å². The van der Waals surface area contributed by atoms with Crippen LogP contribution in [0.3, 0.4) is 0 Å². The van der Waals surface area contributed by atoms with Crippen molar-refractivity contribution in [2.24, 2.45) is 0 Å². The fraction of sp³-hybridized carbons (Fsp3) is 0.214. The highest BCUT2D eigenvalue weighted by atomic mass is 16.5. The van der Waals surface area contributed by atoms with Crippen LogP contribution in [-0.2, 0) is 4.74 Å². The molecule has 1 aromatic carbocycles. The lowest BCUT2D eigenvalue weighted by Gasteiger charge is -2.06. The molecule has 0 saturated carbocycles. The van der Waals surface area contributed by atoms with Gasteiger partial charge in [-0.1, -0.05) is 12.1 Å². The average molecular weight is 229 g/mol. The molecule has 1 N–H and O–H groups in total. The number of aromatic amines is 1. The van der Waals surface area contributed by atoms with Gasteiger partial charge in [-0.25, -0.2) is 4.79 Å². The summed E-state index contributed by atoms with van der Waals surface area (Å²) in [6.45, 7) is 4.12. The predicted molar refractivity (Wildman–Crippen MR) is 67.0 cm³/mol. The van der Waals surface area contributed by atoms with Crippen LogP contribution in [0.4, 0.5) is 0 Å². The Morgan fingerprint density at radius 2 is 1.94 bits per heavy atom. The summed E-state index contributed by atoms with van der Waals surface area (Å²) in [5.74, 6) is -0.320. The van der Waals surface area contributed by atoms with Crippen LogP contribution >= 0.6 is 0 Å². The fourth-order valence-corrected chi connectivity index (χ4v) is 1.79. The van der Waals surface area contributed by atoms with E-state index in [2.05, 4.69) is 24.9 Å². The highest BCUT2D eigenvalue weighted by Gasteiger charge is 2.14. The van der Waals surface area contributed by atoms with Crippen molar-refractivity contribution in [1.29, 1.82) is 0 Å². The number of hydrogen-bond donors (Lipinski definition) is 1. The molecule has 3 heteroatoms.